The number of anilines is 1. The summed E-state index contributed by atoms with van der Waals surface area (Å²) in [6.45, 7) is 1.83. The van der Waals surface area contributed by atoms with E-state index in [0.717, 1.165) is 5.69 Å². The van der Waals surface area contributed by atoms with Crippen molar-refractivity contribution in [1.82, 2.24) is 0 Å². The molecular formula is C23H26N2O7. The quantitative estimate of drug-likeness (QED) is 0.551. The first-order valence-corrected chi connectivity index (χ1v) is 10.7. The largest absolute Gasteiger partial charge is 0.507 e. The van der Waals surface area contributed by atoms with Gasteiger partial charge in [0.1, 0.15) is 5.75 Å². The average molecular weight is 442 g/mol. The Morgan fingerprint density at radius 1 is 1.19 bits per heavy atom. The number of aromatic hydroxyl groups is 1. The summed E-state index contributed by atoms with van der Waals surface area (Å²) in [7, 11) is 3.63. The van der Waals surface area contributed by atoms with Gasteiger partial charge in [-0.05, 0) is 42.4 Å². The highest BCUT2D eigenvalue weighted by atomic mass is 16.3. The van der Waals surface area contributed by atoms with E-state index in [1.54, 1.807) is 0 Å². The van der Waals surface area contributed by atoms with Crippen LogP contribution >= 0.6 is 0 Å². The van der Waals surface area contributed by atoms with E-state index in [-0.39, 0.29) is 30.6 Å². The lowest BCUT2D eigenvalue weighted by Gasteiger charge is -2.48. The van der Waals surface area contributed by atoms with Crippen LogP contribution in [0.2, 0.25) is 0 Å². The molecule has 170 valence electrons. The number of nitrogens with two attached hydrogens (primary N) is 1. The van der Waals surface area contributed by atoms with Gasteiger partial charge in [0.25, 0.3) is 0 Å². The van der Waals surface area contributed by atoms with Crippen molar-refractivity contribution in [3.63, 3.8) is 0 Å². The summed E-state index contributed by atoms with van der Waals surface area (Å²) in [6, 6.07) is 1.81. The van der Waals surface area contributed by atoms with Gasteiger partial charge in [0.05, 0.1) is 11.5 Å². The standard InChI is InChI=1S/C23H26N2O7/c1-4-9-7-13(25(2)3)12-6-10-5-11-8-14(26)17(22(24)31)21(30)23(11,32)20(29)15(10)19(28)16(12)18(9)27/h7,10-11,15,17,27,32H,4-6,8H2,1-3H3,(H2,24,31)/t10-,11+,15?,17?,23+/m1/s1. The minimum Gasteiger partial charge on any atom is -0.507 e. The van der Waals surface area contributed by atoms with Gasteiger partial charge in [-0.25, -0.2) is 0 Å². The van der Waals surface area contributed by atoms with Crippen LogP contribution < -0.4 is 10.6 Å². The highest BCUT2D eigenvalue weighted by molar-refractivity contribution is 6.31. The number of rotatable bonds is 3. The molecule has 5 atom stereocenters. The maximum Gasteiger partial charge on any atom is 0.235 e. The SMILES string of the molecule is CCc1cc(N(C)C)c2c(c1O)C(=O)C1C(=O)[C@]3(O)C(=O)C(C(N)=O)C(=O)C[C@@H]3C[C@@H]1C2. The first kappa shape index (κ1) is 22.1. The molecule has 2 saturated carbocycles. The minimum atomic E-state index is -2.62. The number of hydrogen-bond acceptors (Lipinski definition) is 8. The molecule has 0 spiro atoms. The van der Waals surface area contributed by atoms with Crippen LogP contribution in [-0.4, -0.2) is 58.9 Å². The van der Waals surface area contributed by atoms with Crippen molar-refractivity contribution in [2.24, 2.45) is 29.4 Å². The monoisotopic (exact) mass is 442 g/mol. The summed E-state index contributed by atoms with van der Waals surface area (Å²) in [5.41, 5.74) is 4.51. The molecule has 0 saturated heterocycles. The molecule has 9 nitrogen and oxygen atoms in total. The van der Waals surface area contributed by atoms with Gasteiger partial charge in [-0.2, -0.15) is 0 Å². The number of carbonyl (C=O) groups excluding carboxylic acids is 5. The predicted octanol–water partition coefficient (Wildman–Crippen LogP) is -0.0447. The molecule has 3 aliphatic carbocycles. The molecule has 0 bridgehead atoms. The molecule has 0 aliphatic heterocycles. The van der Waals surface area contributed by atoms with E-state index in [9.17, 15) is 34.2 Å². The molecule has 0 aromatic heterocycles. The lowest BCUT2D eigenvalue weighted by Crippen LogP contribution is -2.68. The van der Waals surface area contributed by atoms with Crippen LogP contribution in [0.4, 0.5) is 5.69 Å². The summed E-state index contributed by atoms with van der Waals surface area (Å²) in [4.78, 5) is 65.8. The normalized spacial score (nSPS) is 31.6. The summed E-state index contributed by atoms with van der Waals surface area (Å²) in [6.07, 6.45) is 0.482. The summed E-state index contributed by atoms with van der Waals surface area (Å²) >= 11 is 0. The van der Waals surface area contributed by atoms with Crippen molar-refractivity contribution in [3.05, 3.63) is 22.8 Å². The second-order valence-electron chi connectivity index (χ2n) is 9.24. The van der Waals surface area contributed by atoms with Crippen LogP contribution in [0.3, 0.4) is 0 Å². The molecule has 2 unspecified atom stereocenters. The van der Waals surface area contributed by atoms with Gasteiger partial charge in [-0.3, -0.25) is 24.0 Å². The number of phenolic OH excluding ortho intramolecular Hbond substituents is 1. The van der Waals surface area contributed by atoms with Gasteiger partial charge in [0, 0.05) is 32.1 Å². The van der Waals surface area contributed by atoms with Crippen molar-refractivity contribution in [2.75, 3.05) is 19.0 Å². The summed E-state index contributed by atoms with van der Waals surface area (Å²) < 4.78 is 0. The number of nitrogens with zero attached hydrogens (tertiary/aromatic N) is 1. The highest BCUT2D eigenvalue weighted by Gasteiger charge is 2.66. The number of primary amides is 1. The fourth-order valence-electron chi connectivity index (χ4n) is 5.74. The zero-order valence-corrected chi connectivity index (χ0v) is 18.2. The minimum absolute atomic E-state index is 0.0375. The number of phenols is 1. The van der Waals surface area contributed by atoms with Crippen LogP contribution in [0.15, 0.2) is 6.07 Å². The Balaban J connectivity index is 1.86. The number of fused-ring (bicyclic) bond motifs is 3. The number of hydrogen-bond donors (Lipinski definition) is 3. The Morgan fingerprint density at radius 2 is 1.84 bits per heavy atom. The smallest absolute Gasteiger partial charge is 0.235 e. The Hall–Kier alpha value is -3.07. The molecule has 1 aromatic rings. The van der Waals surface area contributed by atoms with Gasteiger partial charge in [0.2, 0.25) is 5.91 Å². The van der Waals surface area contributed by atoms with E-state index in [0.29, 0.717) is 17.5 Å². The Kier molecular flexibility index (Phi) is 5.00. The number of benzene rings is 1. The first-order chi connectivity index (χ1) is 14.9. The molecule has 4 rings (SSSR count). The molecule has 1 amide bonds. The maximum atomic E-state index is 13.5. The molecule has 9 heteroatoms. The molecular weight excluding hydrogens is 416 g/mol. The van der Waals surface area contributed by atoms with E-state index in [1.807, 2.05) is 32.0 Å². The van der Waals surface area contributed by atoms with Gasteiger partial charge in [-0.1, -0.05) is 6.92 Å². The highest BCUT2D eigenvalue weighted by Crippen LogP contribution is 2.51. The zero-order valence-electron chi connectivity index (χ0n) is 18.2. The van der Waals surface area contributed by atoms with Crippen LogP contribution in [0.5, 0.6) is 5.75 Å². The third-order valence-electron chi connectivity index (χ3n) is 7.32. The molecule has 1 aromatic carbocycles. The number of ketones is 4. The van der Waals surface area contributed by atoms with Crippen molar-refractivity contribution >= 4 is 34.7 Å². The molecule has 2 fully saturated rings. The summed E-state index contributed by atoms with van der Waals surface area (Å²) in [5, 5.41) is 22.0. The fourth-order valence-corrected chi connectivity index (χ4v) is 5.74. The van der Waals surface area contributed by atoms with Gasteiger partial charge < -0.3 is 20.8 Å². The van der Waals surface area contributed by atoms with Crippen molar-refractivity contribution in [2.45, 2.75) is 38.2 Å². The first-order valence-electron chi connectivity index (χ1n) is 10.7. The molecule has 4 N–H and O–H groups in total. The van der Waals surface area contributed by atoms with Crippen LogP contribution in [-0.2, 0) is 32.0 Å². The number of aliphatic hydroxyl groups is 1. The number of aryl methyl sites for hydroxylation is 1. The van der Waals surface area contributed by atoms with Crippen molar-refractivity contribution < 1.29 is 34.2 Å². The van der Waals surface area contributed by atoms with E-state index in [1.165, 1.54) is 0 Å². The second-order valence-corrected chi connectivity index (χ2v) is 9.24. The molecule has 32 heavy (non-hydrogen) atoms. The second kappa shape index (κ2) is 7.23. The van der Waals surface area contributed by atoms with Crippen molar-refractivity contribution in [1.29, 1.82) is 0 Å². The average Bonchev–Trinajstić information content (AvgIpc) is 2.70. The molecule has 3 aliphatic rings. The van der Waals surface area contributed by atoms with Crippen LogP contribution in [0, 0.1) is 23.7 Å². The van der Waals surface area contributed by atoms with E-state index in [4.69, 9.17) is 5.73 Å². The number of Topliss-reactive ketones (excluding diaryl/α,β-unsaturated/α-hetero) is 4. The fraction of sp³-hybridized carbons (Fsp3) is 0.522. The Bertz CT molecular complexity index is 1090. The third kappa shape index (κ3) is 2.76. The van der Waals surface area contributed by atoms with Crippen LogP contribution in [0.1, 0.15) is 41.3 Å². The van der Waals surface area contributed by atoms with Crippen molar-refractivity contribution in [3.8, 4) is 5.75 Å². The van der Waals surface area contributed by atoms with E-state index < -0.39 is 58.3 Å². The van der Waals surface area contributed by atoms with Gasteiger partial charge in [0.15, 0.2) is 34.7 Å². The third-order valence-corrected chi connectivity index (χ3v) is 7.32. The van der Waals surface area contributed by atoms with E-state index in [2.05, 4.69) is 0 Å². The Labute approximate surface area is 184 Å². The lowest BCUT2D eigenvalue weighted by atomic mass is 9.53. The molecule has 0 heterocycles. The maximum absolute atomic E-state index is 13.5. The van der Waals surface area contributed by atoms with Gasteiger partial charge in [-0.15, -0.1) is 0 Å². The topological polar surface area (TPSA) is 155 Å². The van der Waals surface area contributed by atoms with E-state index >= 15 is 0 Å². The lowest BCUT2D eigenvalue weighted by molar-refractivity contribution is -0.175. The zero-order chi connectivity index (χ0) is 23.7. The summed E-state index contributed by atoms with van der Waals surface area (Å²) in [5.74, 6) is -9.84. The number of amides is 1. The van der Waals surface area contributed by atoms with Gasteiger partial charge >= 0.3 is 0 Å². The molecule has 0 radical (unpaired) electrons. The predicted molar refractivity (Wildman–Crippen MR) is 112 cm³/mol. The Morgan fingerprint density at radius 3 is 2.41 bits per heavy atom. The van der Waals surface area contributed by atoms with Crippen LogP contribution in [0.25, 0.3) is 0 Å². The number of carbonyl (C=O) groups is 5.